The molecule has 0 saturated carbocycles. The predicted octanol–water partition coefficient (Wildman–Crippen LogP) is 3.44. The molecule has 1 N–H and O–H groups in total. The summed E-state index contributed by atoms with van der Waals surface area (Å²) in [5.41, 5.74) is 0.448. The van der Waals surface area contributed by atoms with Crippen molar-refractivity contribution in [2.75, 3.05) is 13.1 Å². The van der Waals surface area contributed by atoms with Crippen molar-refractivity contribution in [2.45, 2.75) is 57.1 Å². The van der Waals surface area contributed by atoms with Crippen LogP contribution in [-0.4, -0.2) is 44.1 Å². The van der Waals surface area contributed by atoms with Gasteiger partial charge in [-0.3, -0.25) is 0 Å². The number of hydrogen-bond donors (Lipinski definition) is 1. The first-order valence-corrected chi connectivity index (χ1v) is 10.5. The number of rotatable bonds is 3. The largest absolute Gasteiger partial charge is 0.444 e. The van der Waals surface area contributed by atoms with E-state index in [1.807, 2.05) is 27.7 Å². The highest BCUT2D eigenvalue weighted by Gasteiger charge is 2.29. The van der Waals surface area contributed by atoms with Crippen LogP contribution < -0.4 is 4.72 Å². The molecule has 0 aromatic heterocycles. The molecule has 1 aromatic rings. The number of halogens is 1. The highest BCUT2D eigenvalue weighted by atomic mass is 79.9. The van der Waals surface area contributed by atoms with E-state index in [1.165, 1.54) is 0 Å². The van der Waals surface area contributed by atoms with Gasteiger partial charge in [0.25, 0.3) is 0 Å². The van der Waals surface area contributed by atoms with Crippen LogP contribution in [-0.2, 0) is 14.8 Å². The van der Waals surface area contributed by atoms with Crippen molar-refractivity contribution in [3.63, 3.8) is 0 Å². The minimum Gasteiger partial charge on any atom is -0.444 e. The Morgan fingerprint density at radius 1 is 1.28 bits per heavy atom. The molecule has 1 aromatic carbocycles. The standard InChI is InChI=1S/C17H25BrN2O4S/c1-12-5-6-15(14(18)11-12)25(22,23)19-13-7-9-20(10-8-13)16(21)24-17(2,3)4/h5-6,11,13,19H,7-10H2,1-4H3. The van der Waals surface area contributed by atoms with Crippen LogP contribution in [0.15, 0.2) is 27.6 Å². The Morgan fingerprint density at radius 2 is 1.88 bits per heavy atom. The molecule has 0 aliphatic carbocycles. The van der Waals surface area contributed by atoms with Crippen LogP contribution in [0.25, 0.3) is 0 Å². The van der Waals surface area contributed by atoms with Gasteiger partial charge in [-0.05, 0) is 74.2 Å². The predicted molar refractivity (Wildman–Crippen MR) is 100 cm³/mol. The number of nitrogens with one attached hydrogen (secondary N) is 1. The molecule has 0 unspecified atom stereocenters. The van der Waals surface area contributed by atoms with Crippen LogP contribution in [0.5, 0.6) is 0 Å². The minimum absolute atomic E-state index is 0.197. The number of hydrogen-bond acceptors (Lipinski definition) is 4. The van der Waals surface area contributed by atoms with Crippen molar-refractivity contribution in [2.24, 2.45) is 0 Å². The molecule has 1 aliphatic rings. The molecule has 0 bridgehead atoms. The van der Waals surface area contributed by atoms with E-state index in [2.05, 4.69) is 20.7 Å². The SMILES string of the molecule is Cc1ccc(S(=O)(=O)NC2CCN(C(=O)OC(C)(C)C)CC2)c(Br)c1. The Labute approximate surface area is 158 Å². The number of carbonyl (C=O) groups is 1. The molecule has 1 fully saturated rings. The summed E-state index contributed by atoms with van der Waals surface area (Å²) in [5.74, 6) is 0. The third-order valence-electron chi connectivity index (χ3n) is 3.85. The summed E-state index contributed by atoms with van der Waals surface area (Å²) >= 11 is 3.32. The number of likely N-dealkylation sites (tertiary alicyclic amines) is 1. The maximum absolute atomic E-state index is 12.6. The average Bonchev–Trinajstić information content (AvgIpc) is 2.45. The number of piperidine rings is 1. The van der Waals surface area contributed by atoms with E-state index in [-0.39, 0.29) is 17.0 Å². The Hall–Kier alpha value is -1.12. The number of aryl methyl sites for hydroxylation is 1. The van der Waals surface area contributed by atoms with E-state index in [9.17, 15) is 13.2 Å². The average molecular weight is 433 g/mol. The second-order valence-electron chi connectivity index (χ2n) is 7.30. The van der Waals surface area contributed by atoms with Gasteiger partial charge in [-0.2, -0.15) is 0 Å². The van der Waals surface area contributed by atoms with E-state index in [4.69, 9.17) is 4.74 Å². The lowest BCUT2D eigenvalue weighted by Gasteiger charge is -2.33. The summed E-state index contributed by atoms with van der Waals surface area (Å²) in [4.78, 5) is 13.9. The lowest BCUT2D eigenvalue weighted by molar-refractivity contribution is 0.0203. The zero-order chi connectivity index (χ0) is 18.8. The van der Waals surface area contributed by atoms with Gasteiger partial charge in [0, 0.05) is 23.6 Å². The fraction of sp³-hybridized carbons (Fsp3) is 0.588. The Kier molecular flexibility index (Phi) is 6.17. The van der Waals surface area contributed by atoms with Gasteiger partial charge in [0.15, 0.2) is 0 Å². The molecule has 25 heavy (non-hydrogen) atoms. The zero-order valence-corrected chi connectivity index (χ0v) is 17.4. The first-order valence-electron chi connectivity index (χ1n) is 8.24. The van der Waals surface area contributed by atoms with Crippen molar-refractivity contribution in [3.05, 3.63) is 28.2 Å². The Balaban J connectivity index is 1.96. The van der Waals surface area contributed by atoms with Crippen LogP contribution in [0.3, 0.4) is 0 Å². The lowest BCUT2D eigenvalue weighted by Crippen LogP contribution is -2.47. The molecular formula is C17H25BrN2O4S. The van der Waals surface area contributed by atoms with Gasteiger partial charge in [0.05, 0.1) is 4.90 Å². The summed E-state index contributed by atoms with van der Waals surface area (Å²) < 4.78 is 33.8. The maximum atomic E-state index is 12.6. The lowest BCUT2D eigenvalue weighted by atomic mass is 10.1. The van der Waals surface area contributed by atoms with Gasteiger partial charge in [-0.25, -0.2) is 17.9 Å². The van der Waals surface area contributed by atoms with Crippen LogP contribution >= 0.6 is 15.9 Å². The highest BCUT2D eigenvalue weighted by molar-refractivity contribution is 9.10. The second kappa shape index (κ2) is 7.63. The molecule has 2 rings (SSSR count). The monoisotopic (exact) mass is 432 g/mol. The molecule has 1 saturated heterocycles. The van der Waals surface area contributed by atoms with E-state index in [0.29, 0.717) is 30.4 Å². The van der Waals surface area contributed by atoms with E-state index >= 15 is 0 Å². The molecule has 0 atom stereocenters. The number of ether oxygens (including phenoxy) is 1. The molecule has 8 heteroatoms. The highest BCUT2D eigenvalue weighted by Crippen LogP contribution is 2.24. The van der Waals surface area contributed by atoms with Gasteiger partial charge in [-0.15, -0.1) is 0 Å². The normalized spacial score (nSPS) is 16.8. The van der Waals surface area contributed by atoms with Gasteiger partial charge in [0.2, 0.25) is 10.0 Å². The van der Waals surface area contributed by atoms with Gasteiger partial charge < -0.3 is 9.64 Å². The molecule has 1 amide bonds. The zero-order valence-electron chi connectivity index (χ0n) is 15.0. The molecule has 140 valence electrons. The quantitative estimate of drug-likeness (QED) is 0.793. The second-order valence-corrected chi connectivity index (χ2v) is 9.83. The number of carbonyl (C=O) groups excluding carboxylic acids is 1. The number of benzene rings is 1. The fourth-order valence-electron chi connectivity index (χ4n) is 2.61. The third-order valence-corrected chi connectivity index (χ3v) is 6.34. The van der Waals surface area contributed by atoms with Gasteiger partial charge in [-0.1, -0.05) is 6.07 Å². The topological polar surface area (TPSA) is 75.7 Å². The van der Waals surface area contributed by atoms with E-state index < -0.39 is 15.6 Å². The van der Waals surface area contributed by atoms with Gasteiger partial charge in [0.1, 0.15) is 5.60 Å². The third kappa shape index (κ3) is 5.69. The molecule has 1 aliphatic heterocycles. The van der Waals surface area contributed by atoms with Crippen molar-refractivity contribution >= 4 is 32.0 Å². The first-order chi connectivity index (χ1) is 11.5. The minimum atomic E-state index is -3.61. The Bertz CT molecular complexity index is 736. The van der Waals surface area contributed by atoms with Crippen molar-refractivity contribution in [3.8, 4) is 0 Å². The van der Waals surface area contributed by atoms with Crippen LogP contribution in [0, 0.1) is 6.92 Å². The number of nitrogens with zero attached hydrogens (tertiary/aromatic N) is 1. The summed E-state index contributed by atoms with van der Waals surface area (Å²) in [6, 6.07) is 4.94. The van der Waals surface area contributed by atoms with Crippen molar-refractivity contribution in [1.29, 1.82) is 0 Å². The smallest absolute Gasteiger partial charge is 0.410 e. The molecule has 0 radical (unpaired) electrons. The summed E-state index contributed by atoms with van der Waals surface area (Å²) in [6.45, 7) is 8.32. The van der Waals surface area contributed by atoms with Crippen molar-refractivity contribution < 1.29 is 17.9 Å². The molecule has 1 heterocycles. The molecule has 0 spiro atoms. The fourth-order valence-corrected chi connectivity index (χ4v) is 5.11. The molecule has 6 nitrogen and oxygen atoms in total. The first kappa shape index (κ1) is 20.2. The molecular weight excluding hydrogens is 408 g/mol. The van der Waals surface area contributed by atoms with Gasteiger partial charge >= 0.3 is 6.09 Å². The van der Waals surface area contributed by atoms with Crippen LogP contribution in [0.2, 0.25) is 0 Å². The van der Waals surface area contributed by atoms with Crippen LogP contribution in [0.4, 0.5) is 4.79 Å². The number of sulfonamides is 1. The maximum Gasteiger partial charge on any atom is 0.410 e. The van der Waals surface area contributed by atoms with Crippen LogP contribution in [0.1, 0.15) is 39.2 Å². The summed E-state index contributed by atoms with van der Waals surface area (Å²) in [7, 11) is -3.61. The summed E-state index contributed by atoms with van der Waals surface area (Å²) in [5, 5.41) is 0. The van der Waals surface area contributed by atoms with Crippen molar-refractivity contribution in [1.82, 2.24) is 9.62 Å². The Morgan fingerprint density at radius 3 is 2.40 bits per heavy atom. The summed E-state index contributed by atoms with van der Waals surface area (Å²) in [6.07, 6.45) is 0.763. The van der Waals surface area contributed by atoms with E-state index in [1.54, 1.807) is 23.1 Å². The van der Waals surface area contributed by atoms with E-state index in [0.717, 1.165) is 5.56 Å². The number of amides is 1.